The lowest BCUT2D eigenvalue weighted by atomic mass is 10.2. The Kier molecular flexibility index (Phi) is 3.66. The van der Waals surface area contributed by atoms with E-state index in [1.165, 1.54) is 18.3 Å². The molecule has 1 amide bonds. The monoisotopic (exact) mass is 279 g/mol. The molecule has 2 rings (SSSR count). The first-order valence-electron chi connectivity index (χ1n) is 5.46. The lowest BCUT2D eigenvalue weighted by molar-refractivity contribution is 0.102. The number of nitrogens with one attached hydrogen (secondary N) is 1. The summed E-state index contributed by atoms with van der Waals surface area (Å²) in [6.45, 7) is 1.76. The molecule has 19 heavy (non-hydrogen) atoms. The summed E-state index contributed by atoms with van der Waals surface area (Å²) in [5.41, 5.74) is 6.95. The van der Waals surface area contributed by atoms with Gasteiger partial charge in [-0.15, -0.1) is 0 Å². The first-order valence-corrected chi connectivity index (χ1v) is 5.83. The van der Waals surface area contributed by atoms with E-state index in [4.69, 9.17) is 17.3 Å². The second kappa shape index (κ2) is 5.24. The summed E-state index contributed by atoms with van der Waals surface area (Å²) in [7, 11) is 0. The Morgan fingerprint density at radius 1 is 1.42 bits per heavy atom. The summed E-state index contributed by atoms with van der Waals surface area (Å²) in [6.07, 6.45) is 1.35. The summed E-state index contributed by atoms with van der Waals surface area (Å²) in [5.74, 6) is -1.13. The fourth-order valence-corrected chi connectivity index (χ4v) is 1.71. The van der Waals surface area contributed by atoms with Crippen LogP contribution in [-0.2, 0) is 0 Å². The number of nitrogens with zero attached hydrogens (tertiary/aromatic N) is 1. The van der Waals surface area contributed by atoms with E-state index in [0.717, 1.165) is 6.07 Å². The first kappa shape index (κ1) is 13.3. The molecular formula is C13H11ClFN3O. The summed E-state index contributed by atoms with van der Waals surface area (Å²) < 4.78 is 13.5. The Morgan fingerprint density at radius 2 is 2.16 bits per heavy atom. The predicted octanol–water partition coefficient (Wildman–Crippen LogP) is 3.02. The molecule has 4 nitrogen and oxygen atoms in total. The molecule has 3 N–H and O–H groups in total. The zero-order valence-electron chi connectivity index (χ0n) is 10.1. The normalized spacial score (nSPS) is 10.3. The van der Waals surface area contributed by atoms with Gasteiger partial charge in [-0.25, -0.2) is 4.39 Å². The van der Waals surface area contributed by atoms with Gasteiger partial charge < -0.3 is 11.1 Å². The number of nitrogen functional groups attached to an aromatic ring is 1. The number of aromatic nitrogens is 1. The van der Waals surface area contributed by atoms with Gasteiger partial charge in [-0.1, -0.05) is 11.6 Å². The van der Waals surface area contributed by atoms with Crippen LogP contribution in [0.2, 0.25) is 5.02 Å². The third-order valence-electron chi connectivity index (χ3n) is 2.50. The SMILES string of the molecule is Cc1cc(N)c(C(=O)Nc2ccc(Cl)cc2F)cn1. The van der Waals surface area contributed by atoms with Crippen LogP contribution in [0.25, 0.3) is 0 Å². The Morgan fingerprint density at radius 3 is 2.79 bits per heavy atom. The average Bonchev–Trinajstić information content (AvgIpc) is 2.32. The van der Waals surface area contributed by atoms with Gasteiger partial charge in [0.2, 0.25) is 0 Å². The van der Waals surface area contributed by atoms with Crippen molar-refractivity contribution in [3.05, 3.63) is 52.6 Å². The Hall–Kier alpha value is -2.14. The lowest BCUT2D eigenvalue weighted by Crippen LogP contribution is -2.15. The smallest absolute Gasteiger partial charge is 0.259 e. The van der Waals surface area contributed by atoms with E-state index in [1.807, 2.05) is 0 Å². The first-order chi connectivity index (χ1) is 8.97. The number of halogens is 2. The van der Waals surface area contributed by atoms with Gasteiger partial charge in [-0.05, 0) is 31.2 Å². The molecule has 0 aliphatic rings. The summed E-state index contributed by atoms with van der Waals surface area (Å²) in [5, 5.41) is 2.68. The van der Waals surface area contributed by atoms with E-state index in [1.54, 1.807) is 13.0 Å². The topological polar surface area (TPSA) is 68.0 Å². The van der Waals surface area contributed by atoms with Crippen molar-refractivity contribution >= 4 is 28.9 Å². The molecule has 0 saturated heterocycles. The highest BCUT2D eigenvalue weighted by Gasteiger charge is 2.13. The fraction of sp³-hybridized carbons (Fsp3) is 0.0769. The molecule has 1 aromatic heterocycles. The molecule has 1 heterocycles. The predicted molar refractivity (Wildman–Crippen MR) is 72.7 cm³/mol. The Labute approximate surface area is 114 Å². The standard InChI is InChI=1S/C13H11ClFN3O/c1-7-4-11(16)9(6-17-7)13(19)18-12-3-2-8(14)5-10(12)15/h2-6H,1H3,(H2,16,17)(H,18,19). The minimum absolute atomic E-state index is 0.0365. The minimum atomic E-state index is -0.612. The number of amides is 1. The number of nitrogens with two attached hydrogens (primary N) is 1. The molecule has 1 aromatic carbocycles. The summed E-state index contributed by atoms with van der Waals surface area (Å²) in [4.78, 5) is 15.9. The Bertz CT molecular complexity index is 646. The van der Waals surface area contributed by atoms with E-state index in [-0.39, 0.29) is 16.3 Å². The van der Waals surface area contributed by atoms with E-state index in [9.17, 15) is 9.18 Å². The molecule has 0 radical (unpaired) electrons. The van der Waals surface area contributed by atoms with Crippen molar-refractivity contribution in [2.45, 2.75) is 6.92 Å². The number of carbonyl (C=O) groups is 1. The largest absolute Gasteiger partial charge is 0.398 e. The molecule has 0 bridgehead atoms. The van der Waals surface area contributed by atoms with Crippen molar-refractivity contribution < 1.29 is 9.18 Å². The number of rotatable bonds is 2. The van der Waals surface area contributed by atoms with Gasteiger partial charge in [0, 0.05) is 22.6 Å². The molecule has 98 valence electrons. The van der Waals surface area contributed by atoms with Gasteiger partial charge in [0.1, 0.15) is 5.82 Å². The molecule has 0 aliphatic heterocycles. The number of aryl methyl sites for hydroxylation is 1. The van der Waals surface area contributed by atoms with Crippen LogP contribution in [0.5, 0.6) is 0 Å². The number of hydrogen-bond donors (Lipinski definition) is 2. The fourth-order valence-electron chi connectivity index (χ4n) is 1.55. The van der Waals surface area contributed by atoms with Crippen molar-refractivity contribution in [2.75, 3.05) is 11.1 Å². The second-order valence-corrected chi connectivity index (χ2v) is 4.43. The van der Waals surface area contributed by atoms with Gasteiger partial charge in [0.25, 0.3) is 5.91 Å². The summed E-state index contributed by atoms with van der Waals surface area (Å²) in [6, 6.07) is 5.56. The van der Waals surface area contributed by atoms with Crippen LogP contribution >= 0.6 is 11.6 Å². The second-order valence-electron chi connectivity index (χ2n) is 3.99. The highest BCUT2D eigenvalue weighted by atomic mass is 35.5. The van der Waals surface area contributed by atoms with E-state index >= 15 is 0 Å². The molecule has 0 spiro atoms. The lowest BCUT2D eigenvalue weighted by Gasteiger charge is -2.08. The number of carbonyl (C=O) groups excluding carboxylic acids is 1. The van der Waals surface area contributed by atoms with Crippen LogP contribution in [0, 0.1) is 12.7 Å². The number of hydrogen-bond acceptors (Lipinski definition) is 3. The van der Waals surface area contributed by atoms with E-state index in [0.29, 0.717) is 11.4 Å². The maximum Gasteiger partial charge on any atom is 0.259 e. The van der Waals surface area contributed by atoms with Gasteiger partial charge >= 0.3 is 0 Å². The van der Waals surface area contributed by atoms with Gasteiger partial charge in [-0.2, -0.15) is 0 Å². The van der Waals surface area contributed by atoms with Crippen LogP contribution in [-0.4, -0.2) is 10.9 Å². The molecule has 2 aromatic rings. The molecule has 0 unspecified atom stereocenters. The van der Waals surface area contributed by atoms with Crippen LogP contribution in [0.15, 0.2) is 30.5 Å². The number of benzene rings is 1. The number of pyridine rings is 1. The third kappa shape index (κ3) is 3.00. The molecule has 0 atom stereocenters. The molecule has 6 heteroatoms. The molecular weight excluding hydrogens is 269 g/mol. The van der Waals surface area contributed by atoms with Crippen molar-refractivity contribution in [3.8, 4) is 0 Å². The molecule has 0 fully saturated rings. The maximum atomic E-state index is 13.5. The highest BCUT2D eigenvalue weighted by molar-refractivity contribution is 6.30. The Balaban J connectivity index is 2.25. The van der Waals surface area contributed by atoms with Gasteiger partial charge in [0.15, 0.2) is 0 Å². The zero-order chi connectivity index (χ0) is 14.0. The van der Waals surface area contributed by atoms with Gasteiger partial charge in [-0.3, -0.25) is 9.78 Å². The average molecular weight is 280 g/mol. The van der Waals surface area contributed by atoms with Crippen molar-refractivity contribution in [1.82, 2.24) is 4.98 Å². The van der Waals surface area contributed by atoms with Crippen LogP contribution in [0.3, 0.4) is 0 Å². The third-order valence-corrected chi connectivity index (χ3v) is 2.73. The van der Waals surface area contributed by atoms with Crippen LogP contribution in [0.1, 0.15) is 16.1 Å². The minimum Gasteiger partial charge on any atom is -0.398 e. The molecule has 0 aliphatic carbocycles. The zero-order valence-corrected chi connectivity index (χ0v) is 10.8. The van der Waals surface area contributed by atoms with Crippen LogP contribution in [0.4, 0.5) is 15.8 Å². The van der Waals surface area contributed by atoms with Gasteiger partial charge in [0.05, 0.1) is 11.3 Å². The van der Waals surface area contributed by atoms with Crippen LogP contribution < -0.4 is 11.1 Å². The quantitative estimate of drug-likeness (QED) is 0.888. The van der Waals surface area contributed by atoms with Crippen molar-refractivity contribution in [2.24, 2.45) is 0 Å². The maximum absolute atomic E-state index is 13.5. The number of anilines is 2. The van der Waals surface area contributed by atoms with E-state index in [2.05, 4.69) is 10.3 Å². The molecule has 0 saturated carbocycles. The highest BCUT2D eigenvalue weighted by Crippen LogP contribution is 2.20. The van der Waals surface area contributed by atoms with Crippen molar-refractivity contribution in [1.29, 1.82) is 0 Å². The summed E-state index contributed by atoms with van der Waals surface area (Å²) >= 11 is 5.63. The van der Waals surface area contributed by atoms with Crippen molar-refractivity contribution in [3.63, 3.8) is 0 Å². The van der Waals surface area contributed by atoms with E-state index < -0.39 is 11.7 Å².